The molecule has 0 aliphatic carbocycles. The van der Waals surface area contributed by atoms with E-state index in [-0.39, 0.29) is 11.3 Å². The number of para-hydroxylation sites is 1. The number of carboxylic acids is 1. The average molecular weight is 269 g/mol. The molecule has 0 spiro atoms. The van der Waals surface area contributed by atoms with Gasteiger partial charge in [-0.2, -0.15) is 0 Å². The lowest BCUT2D eigenvalue weighted by Gasteiger charge is -2.15. The molecule has 0 aromatic heterocycles. The maximum Gasteiger partial charge on any atom is 0.328 e. The molecule has 1 aromatic carbocycles. The molecule has 7 heteroatoms. The van der Waals surface area contributed by atoms with Gasteiger partial charge >= 0.3 is 5.97 Å². The molecule has 0 radical (unpaired) electrons. The Morgan fingerprint density at radius 2 is 2.00 bits per heavy atom. The first-order chi connectivity index (χ1) is 9.04. The summed E-state index contributed by atoms with van der Waals surface area (Å²) in [6.45, 7) is -0.701. The Labute approximate surface area is 109 Å². The van der Waals surface area contributed by atoms with Crippen LogP contribution in [0.2, 0.25) is 0 Å². The van der Waals surface area contributed by atoms with Crippen LogP contribution in [0.25, 0.3) is 0 Å². The van der Waals surface area contributed by atoms with Crippen LogP contribution in [-0.2, 0) is 4.79 Å². The highest BCUT2D eigenvalue weighted by Crippen LogP contribution is 2.30. The summed E-state index contributed by atoms with van der Waals surface area (Å²) in [7, 11) is 2.79. The first-order valence-corrected chi connectivity index (χ1v) is 5.40. The normalized spacial score (nSPS) is 11.5. The zero-order chi connectivity index (χ0) is 14.4. The number of benzene rings is 1. The lowest BCUT2D eigenvalue weighted by molar-refractivity contribution is -0.140. The Morgan fingerprint density at radius 1 is 1.32 bits per heavy atom. The van der Waals surface area contributed by atoms with E-state index in [1.807, 2.05) is 0 Å². The summed E-state index contributed by atoms with van der Waals surface area (Å²) in [6.07, 6.45) is 0. The van der Waals surface area contributed by atoms with E-state index < -0.39 is 24.5 Å². The Morgan fingerprint density at radius 3 is 2.47 bits per heavy atom. The molecular weight excluding hydrogens is 254 g/mol. The van der Waals surface area contributed by atoms with Crippen molar-refractivity contribution >= 4 is 11.9 Å². The lowest BCUT2D eigenvalue weighted by atomic mass is 10.1. The van der Waals surface area contributed by atoms with Crippen LogP contribution in [0.1, 0.15) is 10.4 Å². The number of hydrogen-bond donors (Lipinski definition) is 3. The van der Waals surface area contributed by atoms with Gasteiger partial charge < -0.3 is 25.0 Å². The highest BCUT2D eigenvalue weighted by atomic mass is 16.5. The SMILES string of the molecule is COc1cccc(C(=O)N[C@H](CO)C(=O)O)c1OC. The summed E-state index contributed by atoms with van der Waals surface area (Å²) < 4.78 is 10.1. The van der Waals surface area contributed by atoms with Crippen LogP contribution < -0.4 is 14.8 Å². The predicted molar refractivity (Wildman–Crippen MR) is 65.5 cm³/mol. The molecule has 0 saturated heterocycles. The van der Waals surface area contributed by atoms with Gasteiger partial charge in [0.05, 0.1) is 26.4 Å². The molecule has 19 heavy (non-hydrogen) atoms. The fraction of sp³-hybridized carbons (Fsp3) is 0.333. The number of aliphatic carboxylic acids is 1. The molecule has 0 bridgehead atoms. The second-order valence-electron chi connectivity index (χ2n) is 3.59. The number of aliphatic hydroxyl groups is 1. The summed E-state index contributed by atoms with van der Waals surface area (Å²) in [5, 5.41) is 19.8. The van der Waals surface area contributed by atoms with E-state index in [2.05, 4.69) is 5.32 Å². The second kappa shape index (κ2) is 6.60. The van der Waals surface area contributed by atoms with Crippen molar-refractivity contribution in [3.8, 4) is 11.5 Å². The molecule has 1 amide bonds. The first kappa shape index (κ1) is 14.8. The fourth-order valence-electron chi connectivity index (χ4n) is 1.49. The van der Waals surface area contributed by atoms with Crippen molar-refractivity contribution in [3.05, 3.63) is 23.8 Å². The van der Waals surface area contributed by atoms with E-state index in [9.17, 15) is 9.59 Å². The minimum absolute atomic E-state index is 0.126. The molecule has 0 saturated carbocycles. The van der Waals surface area contributed by atoms with E-state index in [1.165, 1.54) is 20.3 Å². The molecule has 1 rings (SSSR count). The Balaban J connectivity index is 3.02. The lowest BCUT2D eigenvalue weighted by Crippen LogP contribution is -2.43. The Bertz CT molecular complexity index is 473. The minimum atomic E-state index is -1.37. The van der Waals surface area contributed by atoms with E-state index in [1.54, 1.807) is 12.1 Å². The third-order valence-electron chi connectivity index (χ3n) is 2.43. The van der Waals surface area contributed by atoms with Crippen LogP contribution in [0.15, 0.2) is 18.2 Å². The van der Waals surface area contributed by atoms with Crippen LogP contribution in [-0.4, -0.2) is 49.0 Å². The van der Waals surface area contributed by atoms with Crippen LogP contribution in [0.4, 0.5) is 0 Å². The number of rotatable bonds is 6. The number of carbonyl (C=O) groups excluding carboxylic acids is 1. The quantitative estimate of drug-likeness (QED) is 0.665. The summed E-state index contributed by atoms with van der Waals surface area (Å²) in [4.78, 5) is 22.7. The van der Waals surface area contributed by atoms with Crippen LogP contribution in [0.3, 0.4) is 0 Å². The van der Waals surface area contributed by atoms with Gasteiger partial charge in [-0.05, 0) is 12.1 Å². The highest BCUT2D eigenvalue weighted by molar-refractivity contribution is 5.99. The summed E-state index contributed by atoms with van der Waals surface area (Å²) in [5.74, 6) is -1.44. The van der Waals surface area contributed by atoms with Gasteiger partial charge in [0.2, 0.25) is 0 Å². The monoisotopic (exact) mass is 269 g/mol. The molecule has 3 N–H and O–H groups in total. The molecular formula is C12H15NO6. The average Bonchev–Trinajstić information content (AvgIpc) is 2.42. The Kier molecular flexibility index (Phi) is 5.13. The molecule has 104 valence electrons. The summed E-state index contributed by atoms with van der Waals surface area (Å²) in [6, 6.07) is 3.28. The number of nitrogens with one attached hydrogen (secondary N) is 1. The maximum absolute atomic E-state index is 11.9. The van der Waals surface area contributed by atoms with Gasteiger partial charge in [-0.3, -0.25) is 4.79 Å². The summed E-state index contributed by atoms with van der Waals surface area (Å²) >= 11 is 0. The van der Waals surface area contributed by atoms with E-state index in [0.717, 1.165) is 0 Å². The van der Waals surface area contributed by atoms with E-state index >= 15 is 0 Å². The van der Waals surface area contributed by atoms with Gasteiger partial charge in [0.25, 0.3) is 5.91 Å². The van der Waals surface area contributed by atoms with Gasteiger partial charge in [0.1, 0.15) is 0 Å². The predicted octanol–water partition coefficient (Wildman–Crippen LogP) is -0.121. The minimum Gasteiger partial charge on any atom is -0.493 e. The zero-order valence-electron chi connectivity index (χ0n) is 10.5. The third kappa shape index (κ3) is 3.35. The molecule has 0 aliphatic rings. The number of hydrogen-bond acceptors (Lipinski definition) is 5. The van der Waals surface area contributed by atoms with Crippen molar-refractivity contribution < 1.29 is 29.3 Å². The smallest absolute Gasteiger partial charge is 0.328 e. The largest absolute Gasteiger partial charge is 0.493 e. The molecule has 1 atom stereocenters. The fourth-order valence-corrected chi connectivity index (χ4v) is 1.49. The third-order valence-corrected chi connectivity index (χ3v) is 2.43. The summed E-state index contributed by atoms with van der Waals surface area (Å²) in [5.41, 5.74) is 0.126. The van der Waals surface area contributed by atoms with Gasteiger partial charge in [0, 0.05) is 0 Å². The first-order valence-electron chi connectivity index (χ1n) is 5.40. The second-order valence-corrected chi connectivity index (χ2v) is 3.59. The molecule has 7 nitrogen and oxygen atoms in total. The highest BCUT2D eigenvalue weighted by Gasteiger charge is 2.22. The van der Waals surface area contributed by atoms with Crippen molar-refractivity contribution in [3.63, 3.8) is 0 Å². The van der Waals surface area contributed by atoms with E-state index in [4.69, 9.17) is 19.7 Å². The standard InChI is InChI=1S/C12H15NO6/c1-18-9-5-3-4-7(10(9)19-2)11(15)13-8(6-14)12(16)17/h3-5,8,14H,6H2,1-2H3,(H,13,15)(H,16,17)/t8-/m1/s1. The van der Waals surface area contributed by atoms with Crippen molar-refractivity contribution in [1.82, 2.24) is 5.32 Å². The Hall–Kier alpha value is -2.28. The molecule has 1 aromatic rings. The van der Waals surface area contributed by atoms with Crippen LogP contribution >= 0.6 is 0 Å². The van der Waals surface area contributed by atoms with Gasteiger partial charge in [0.15, 0.2) is 17.5 Å². The topological polar surface area (TPSA) is 105 Å². The van der Waals surface area contributed by atoms with Crippen molar-refractivity contribution in [2.75, 3.05) is 20.8 Å². The molecule has 0 unspecified atom stereocenters. The zero-order valence-corrected chi connectivity index (χ0v) is 10.5. The van der Waals surface area contributed by atoms with Crippen molar-refractivity contribution in [2.24, 2.45) is 0 Å². The molecule has 0 heterocycles. The van der Waals surface area contributed by atoms with Crippen LogP contribution in [0.5, 0.6) is 11.5 Å². The van der Waals surface area contributed by atoms with Crippen LogP contribution in [0, 0.1) is 0 Å². The van der Waals surface area contributed by atoms with Gasteiger partial charge in [-0.1, -0.05) is 6.07 Å². The number of methoxy groups -OCH3 is 2. The molecule has 0 aliphatic heterocycles. The van der Waals surface area contributed by atoms with Gasteiger partial charge in [-0.15, -0.1) is 0 Å². The number of carboxylic acid groups (broad SMARTS) is 1. The number of amides is 1. The van der Waals surface area contributed by atoms with Crippen molar-refractivity contribution in [1.29, 1.82) is 0 Å². The van der Waals surface area contributed by atoms with E-state index in [0.29, 0.717) is 5.75 Å². The number of aliphatic hydroxyl groups excluding tert-OH is 1. The number of carbonyl (C=O) groups is 2. The molecule has 0 fully saturated rings. The number of ether oxygens (including phenoxy) is 2. The maximum atomic E-state index is 11.9. The van der Waals surface area contributed by atoms with Gasteiger partial charge in [-0.25, -0.2) is 4.79 Å². The van der Waals surface area contributed by atoms with Crippen molar-refractivity contribution in [2.45, 2.75) is 6.04 Å².